The molecular formula is C47H54N2O4. The molecule has 53 heavy (non-hydrogen) atoms. The third kappa shape index (κ3) is 8.45. The Kier molecular flexibility index (Phi) is 12.1. The number of hydrogen-bond donors (Lipinski definition) is 0. The number of benzene rings is 5. The second-order valence-corrected chi connectivity index (χ2v) is 15.0. The Bertz CT molecular complexity index is 1970. The van der Waals surface area contributed by atoms with Crippen LogP contribution in [-0.4, -0.2) is 60.6 Å². The van der Waals surface area contributed by atoms with E-state index in [2.05, 4.69) is 62.1 Å². The molecule has 2 unspecified atom stereocenters. The van der Waals surface area contributed by atoms with Gasteiger partial charge in [0.05, 0.1) is 11.1 Å². The van der Waals surface area contributed by atoms with Gasteiger partial charge >= 0.3 is 0 Å². The zero-order valence-corrected chi connectivity index (χ0v) is 32.8. The van der Waals surface area contributed by atoms with E-state index in [9.17, 15) is 9.59 Å². The number of hydrogen-bond acceptors (Lipinski definition) is 6. The number of likely N-dealkylation sites (N-methyl/N-ethyl adjacent to an activating group) is 2. The van der Waals surface area contributed by atoms with Crippen LogP contribution in [0.5, 0.6) is 23.0 Å². The number of Topliss-reactive ketones (excluding diaryl/α,β-unsaturated/α-hetero) is 2. The van der Waals surface area contributed by atoms with Crippen molar-refractivity contribution < 1.29 is 19.1 Å². The van der Waals surface area contributed by atoms with E-state index in [0.29, 0.717) is 35.5 Å². The van der Waals surface area contributed by atoms with Crippen LogP contribution in [0.2, 0.25) is 0 Å². The van der Waals surface area contributed by atoms with Crippen molar-refractivity contribution in [3.63, 3.8) is 0 Å². The fraction of sp³-hybridized carbons (Fsp3) is 0.319. The van der Waals surface area contributed by atoms with Crippen LogP contribution in [0.25, 0.3) is 0 Å². The maximum absolute atomic E-state index is 13.9. The topological polar surface area (TPSA) is 59.1 Å². The van der Waals surface area contributed by atoms with Gasteiger partial charge in [0.15, 0.2) is 11.6 Å². The molecule has 5 aromatic carbocycles. The molecule has 0 aliphatic carbocycles. The first-order valence-electron chi connectivity index (χ1n) is 18.5. The average molecular weight is 711 g/mol. The van der Waals surface area contributed by atoms with Crippen LogP contribution in [0.15, 0.2) is 127 Å². The Hall–Kier alpha value is -5.04. The lowest BCUT2D eigenvalue weighted by Gasteiger charge is -2.38. The molecule has 0 bridgehead atoms. The zero-order valence-electron chi connectivity index (χ0n) is 32.8. The molecule has 0 fully saturated rings. The molecule has 0 heterocycles. The third-order valence-electron chi connectivity index (χ3n) is 11.2. The second kappa shape index (κ2) is 16.3. The first kappa shape index (κ1) is 39.2. The highest BCUT2D eigenvalue weighted by molar-refractivity contribution is 6.04. The lowest BCUT2D eigenvalue weighted by molar-refractivity contribution is 0.0665. The maximum atomic E-state index is 13.9. The molecule has 2 atom stereocenters. The molecule has 0 saturated heterocycles. The summed E-state index contributed by atoms with van der Waals surface area (Å²) in [6.45, 7) is 10.5. The van der Waals surface area contributed by atoms with E-state index >= 15 is 0 Å². The lowest BCUT2D eigenvalue weighted by atomic mass is 9.78. The molecule has 0 aromatic heterocycles. The van der Waals surface area contributed by atoms with Gasteiger partial charge in [-0.15, -0.1) is 0 Å². The van der Waals surface area contributed by atoms with Crippen LogP contribution in [0.3, 0.4) is 0 Å². The highest BCUT2D eigenvalue weighted by Gasteiger charge is 2.39. The Morgan fingerprint density at radius 2 is 0.906 bits per heavy atom. The van der Waals surface area contributed by atoms with Crippen molar-refractivity contribution in [2.75, 3.05) is 28.2 Å². The summed E-state index contributed by atoms with van der Waals surface area (Å²) in [6, 6.07) is 41.3. The van der Waals surface area contributed by atoms with E-state index < -0.39 is 11.1 Å². The average Bonchev–Trinajstić information content (AvgIpc) is 3.17. The summed E-state index contributed by atoms with van der Waals surface area (Å²) in [5.41, 5.74) is 3.32. The minimum absolute atomic E-state index is 0.100. The number of rotatable bonds is 16. The summed E-state index contributed by atoms with van der Waals surface area (Å²) >= 11 is 0. The minimum Gasteiger partial charge on any atom is -0.457 e. The van der Waals surface area contributed by atoms with E-state index in [-0.39, 0.29) is 17.0 Å². The van der Waals surface area contributed by atoms with Crippen molar-refractivity contribution in [2.24, 2.45) is 0 Å². The van der Waals surface area contributed by atoms with Crippen LogP contribution in [0.4, 0.5) is 0 Å². The van der Waals surface area contributed by atoms with Crippen LogP contribution >= 0.6 is 0 Å². The summed E-state index contributed by atoms with van der Waals surface area (Å²) in [4.78, 5) is 31.2. The normalized spacial score (nSPS) is 14.0. The molecule has 0 radical (unpaired) electrons. The van der Waals surface area contributed by atoms with Crippen molar-refractivity contribution in [1.29, 1.82) is 0 Å². The monoisotopic (exact) mass is 710 g/mol. The van der Waals surface area contributed by atoms with Crippen molar-refractivity contribution in [1.82, 2.24) is 9.80 Å². The number of nitrogens with zero attached hydrogens (tertiary/aromatic N) is 2. The lowest BCUT2D eigenvalue weighted by Crippen LogP contribution is -2.52. The van der Waals surface area contributed by atoms with Gasteiger partial charge in [0.2, 0.25) is 0 Å². The number of ether oxygens (including phenoxy) is 2. The van der Waals surface area contributed by atoms with Crippen LogP contribution in [-0.2, 0) is 11.8 Å². The standard InChI is InChI=1S/C47H54N2O4/c1-10-46(5,48(6)7)43(50)35-17-25-39(26-18-35)52-41-29-21-37(22-30-41)45(3,4)38-23-31-42(32-24-38)53-40-27-19-36(20-28-40)44(51)47(11-2,49(8)9)33-34-15-13-12-14-16-34/h12-32H,10-11,33H2,1-9H3. The Morgan fingerprint density at radius 3 is 1.26 bits per heavy atom. The van der Waals surface area contributed by atoms with Crippen LogP contribution in [0.1, 0.15) is 84.9 Å². The predicted molar refractivity (Wildman–Crippen MR) is 216 cm³/mol. The van der Waals surface area contributed by atoms with Gasteiger partial charge in [0.25, 0.3) is 0 Å². The molecule has 276 valence electrons. The quantitative estimate of drug-likeness (QED) is 0.0950. The minimum atomic E-state index is -0.641. The summed E-state index contributed by atoms with van der Waals surface area (Å²) in [6.07, 6.45) is 2.07. The van der Waals surface area contributed by atoms with Gasteiger partial charge in [0.1, 0.15) is 23.0 Å². The predicted octanol–water partition coefficient (Wildman–Crippen LogP) is 10.6. The van der Waals surface area contributed by atoms with Gasteiger partial charge in [-0.3, -0.25) is 19.4 Å². The van der Waals surface area contributed by atoms with Gasteiger partial charge in [-0.25, -0.2) is 0 Å². The van der Waals surface area contributed by atoms with E-state index in [0.717, 1.165) is 34.6 Å². The van der Waals surface area contributed by atoms with E-state index in [1.807, 2.05) is 138 Å². The second-order valence-electron chi connectivity index (χ2n) is 15.0. The molecular weight excluding hydrogens is 657 g/mol. The molecule has 5 rings (SSSR count). The molecule has 0 aliphatic rings. The van der Waals surface area contributed by atoms with Crippen molar-refractivity contribution in [2.45, 2.75) is 70.4 Å². The Labute approximate surface area is 316 Å². The van der Waals surface area contributed by atoms with Gasteiger partial charge in [-0.2, -0.15) is 0 Å². The molecule has 0 saturated carbocycles. The highest BCUT2D eigenvalue weighted by Crippen LogP contribution is 2.35. The summed E-state index contributed by atoms with van der Waals surface area (Å²) in [7, 11) is 7.85. The van der Waals surface area contributed by atoms with Crippen molar-refractivity contribution in [3.05, 3.63) is 155 Å². The first-order chi connectivity index (χ1) is 25.2. The molecule has 5 aromatic rings. The largest absolute Gasteiger partial charge is 0.457 e. The number of carbonyl (C=O) groups excluding carboxylic acids is 2. The first-order valence-corrected chi connectivity index (χ1v) is 18.5. The molecule has 0 N–H and O–H groups in total. The maximum Gasteiger partial charge on any atom is 0.183 e. The van der Waals surface area contributed by atoms with Gasteiger partial charge in [-0.1, -0.05) is 82.3 Å². The summed E-state index contributed by atoms with van der Waals surface area (Å²) in [5, 5.41) is 0. The third-order valence-corrected chi connectivity index (χ3v) is 11.2. The summed E-state index contributed by atoms with van der Waals surface area (Å²) < 4.78 is 12.3. The fourth-order valence-corrected chi connectivity index (χ4v) is 6.90. The van der Waals surface area contributed by atoms with Crippen LogP contribution < -0.4 is 9.47 Å². The fourth-order valence-electron chi connectivity index (χ4n) is 6.90. The van der Waals surface area contributed by atoms with Gasteiger partial charge in [0, 0.05) is 16.5 Å². The van der Waals surface area contributed by atoms with Crippen molar-refractivity contribution in [3.8, 4) is 23.0 Å². The van der Waals surface area contributed by atoms with E-state index in [1.165, 1.54) is 0 Å². The van der Waals surface area contributed by atoms with Gasteiger partial charge in [-0.05, 0) is 144 Å². The molecule has 0 aliphatic heterocycles. The summed E-state index contributed by atoms with van der Waals surface area (Å²) in [5.74, 6) is 3.01. The molecule has 6 nitrogen and oxygen atoms in total. The molecule has 0 amide bonds. The Morgan fingerprint density at radius 1 is 0.509 bits per heavy atom. The molecule has 0 spiro atoms. The van der Waals surface area contributed by atoms with Crippen LogP contribution in [0, 0.1) is 0 Å². The van der Waals surface area contributed by atoms with E-state index in [4.69, 9.17) is 9.47 Å². The number of ketones is 2. The van der Waals surface area contributed by atoms with Gasteiger partial charge < -0.3 is 9.47 Å². The Balaban J connectivity index is 1.22. The SMILES string of the molecule is CCC(C)(C(=O)c1ccc(Oc2ccc(C(C)(C)c3ccc(Oc4ccc(C(=O)C(CC)(Cc5ccccc5)N(C)C)cc4)cc3)cc2)cc1)N(C)C. The van der Waals surface area contributed by atoms with Crippen molar-refractivity contribution >= 4 is 11.6 Å². The highest BCUT2D eigenvalue weighted by atomic mass is 16.5. The van der Waals surface area contributed by atoms with E-state index in [1.54, 1.807) is 0 Å². The zero-order chi connectivity index (χ0) is 38.4. The molecule has 6 heteroatoms. The smallest absolute Gasteiger partial charge is 0.183 e. The number of carbonyl (C=O) groups is 2.